The van der Waals surface area contributed by atoms with E-state index in [0.717, 1.165) is 12.1 Å². The number of nitro benzene ring substituents is 1. The Hall–Kier alpha value is -2.29. The molecule has 0 radical (unpaired) electrons. The molecule has 2 aromatic carbocycles. The van der Waals surface area contributed by atoms with Crippen molar-refractivity contribution in [3.63, 3.8) is 0 Å². The molecule has 24 heavy (non-hydrogen) atoms. The van der Waals surface area contributed by atoms with Crippen molar-refractivity contribution in [1.82, 2.24) is 5.32 Å². The third-order valence-corrected chi connectivity index (χ3v) is 3.62. The minimum absolute atomic E-state index is 0.00684. The van der Waals surface area contributed by atoms with Crippen LogP contribution in [0.4, 0.5) is 15.8 Å². The predicted octanol–water partition coefficient (Wildman–Crippen LogP) is 4.17. The predicted molar refractivity (Wildman–Crippen MR) is 93.2 cm³/mol. The highest BCUT2D eigenvalue weighted by Gasteiger charge is 2.17. The summed E-state index contributed by atoms with van der Waals surface area (Å²) >= 11 is 16.3. The van der Waals surface area contributed by atoms with Gasteiger partial charge in [-0.2, -0.15) is 0 Å². The monoisotopic (exact) mass is 387 g/mol. The number of benzene rings is 2. The highest BCUT2D eigenvalue weighted by atomic mass is 35.5. The molecular formula is C14H8Cl2FN3O3S. The van der Waals surface area contributed by atoms with Gasteiger partial charge < -0.3 is 5.32 Å². The summed E-state index contributed by atoms with van der Waals surface area (Å²) < 4.78 is 13.1. The summed E-state index contributed by atoms with van der Waals surface area (Å²) in [5.41, 5.74) is -0.0188. The normalized spacial score (nSPS) is 10.1. The van der Waals surface area contributed by atoms with E-state index in [2.05, 4.69) is 10.6 Å². The Morgan fingerprint density at radius 2 is 1.88 bits per heavy atom. The number of nitro groups is 1. The van der Waals surface area contributed by atoms with Crippen LogP contribution in [0.5, 0.6) is 0 Å². The van der Waals surface area contributed by atoms with Crippen LogP contribution < -0.4 is 10.6 Å². The second-order valence-electron chi connectivity index (χ2n) is 4.46. The summed E-state index contributed by atoms with van der Waals surface area (Å²) in [6.07, 6.45) is 0. The van der Waals surface area contributed by atoms with Crippen LogP contribution in [0.25, 0.3) is 0 Å². The molecule has 124 valence electrons. The van der Waals surface area contributed by atoms with Crippen LogP contribution in [-0.2, 0) is 0 Å². The van der Waals surface area contributed by atoms with E-state index in [9.17, 15) is 19.3 Å². The summed E-state index contributed by atoms with van der Waals surface area (Å²) in [5.74, 6) is -1.26. The summed E-state index contributed by atoms with van der Waals surface area (Å²) in [7, 11) is 0. The molecule has 2 rings (SSSR count). The molecule has 0 aliphatic carbocycles. The van der Waals surface area contributed by atoms with Crippen LogP contribution in [0.1, 0.15) is 10.4 Å². The molecule has 0 unspecified atom stereocenters. The minimum atomic E-state index is -0.698. The Morgan fingerprint density at radius 3 is 2.50 bits per heavy atom. The second kappa shape index (κ2) is 7.52. The molecule has 0 fully saturated rings. The number of nitrogens with zero attached hydrogens (tertiary/aromatic N) is 1. The van der Waals surface area contributed by atoms with Crippen LogP contribution in [-0.4, -0.2) is 15.9 Å². The molecule has 1 amide bonds. The van der Waals surface area contributed by atoms with E-state index in [-0.39, 0.29) is 20.7 Å². The topological polar surface area (TPSA) is 84.3 Å². The van der Waals surface area contributed by atoms with Crippen molar-refractivity contribution >= 4 is 57.8 Å². The lowest BCUT2D eigenvalue weighted by atomic mass is 10.2. The van der Waals surface area contributed by atoms with Gasteiger partial charge in [0.15, 0.2) is 5.11 Å². The maximum atomic E-state index is 13.1. The number of thiocarbonyl (C=S) groups is 1. The Balaban J connectivity index is 2.08. The maximum absolute atomic E-state index is 13.1. The summed E-state index contributed by atoms with van der Waals surface area (Å²) in [6.45, 7) is 0. The molecule has 6 nitrogen and oxygen atoms in total. The van der Waals surface area contributed by atoms with Crippen LogP contribution in [0.2, 0.25) is 10.0 Å². The molecule has 0 saturated carbocycles. The number of rotatable bonds is 3. The number of hydrogen-bond acceptors (Lipinski definition) is 4. The van der Waals surface area contributed by atoms with Crippen molar-refractivity contribution in [2.24, 2.45) is 0 Å². The summed E-state index contributed by atoms with van der Waals surface area (Å²) in [5, 5.41) is 15.5. The van der Waals surface area contributed by atoms with E-state index in [1.807, 2.05) is 0 Å². The number of halogens is 3. The van der Waals surface area contributed by atoms with Gasteiger partial charge in [0.1, 0.15) is 10.8 Å². The number of anilines is 1. The van der Waals surface area contributed by atoms with E-state index >= 15 is 0 Å². The quantitative estimate of drug-likeness (QED) is 0.469. The third kappa shape index (κ3) is 4.38. The van der Waals surface area contributed by atoms with Crippen molar-refractivity contribution in [2.45, 2.75) is 0 Å². The molecule has 0 atom stereocenters. The zero-order valence-electron chi connectivity index (χ0n) is 11.7. The van der Waals surface area contributed by atoms with Crippen molar-refractivity contribution in [3.05, 3.63) is 67.9 Å². The van der Waals surface area contributed by atoms with E-state index in [1.165, 1.54) is 24.3 Å². The maximum Gasteiger partial charge on any atom is 0.288 e. The van der Waals surface area contributed by atoms with E-state index in [4.69, 9.17) is 35.4 Å². The van der Waals surface area contributed by atoms with Gasteiger partial charge in [0.2, 0.25) is 0 Å². The SMILES string of the molecule is O=C(NC(=S)Nc1ccc(F)c(Cl)c1)c1ccc(Cl)c([N+](=O)[O-])c1. The van der Waals surface area contributed by atoms with Crippen molar-refractivity contribution in [1.29, 1.82) is 0 Å². The smallest absolute Gasteiger partial charge is 0.288 e. The Bertz CT molecular complexity index is 848. The summed E-state index contributed by atoms with van der Waals surface area (Å²) in [6, 6.07) is 7.41. The van der Waals surface area contributed by atoms with Gasteiger partial charge in [-0.15, -0.1) is 0 Å². The Kier molecular flexibility index (Phi) is 5.66. The molecule has 0 spiro atoms. The number of nitrogens with one attached hydrogen (secondary N) is 2. The highest BCUT2D eigenvalue weighted by Crippen LogP contribution is 2.25. The fourth-order valence-corrected chi connectivity index (χ4v) is 2.28. The molecular weight excluding hydrogens is 380 g/mol. The van der Waals surface area contributed by atoms with E-state index in [1.54, 1.807) is 0 Å². The van der Waals surface area contributed by atoms with Crippen molar-refractivity contribution in [2.75, 3.05) is 5.32 Å². The number of carbonyl (C=O) groups is 1. The zero-order chi connectivity index (χ0) is 17.9. The van der Waals surface area contributed by atoms with E-state index in [0.29, 0.717) is 5.69 Å². The van der Waals surface area contributed by atoms with Crippen molar-refractivity contribution < 1.29 is 14.1 Å². The lowest BCUT2D eigenvalue weighted by Gasteiger charge is -2.10. The van der Waals surface area contributed by atoms with E-state index < -0.39 is 22.3 Å². The lowest BCUT2D eigenvalue weighted by molar-refractivity contribution is -0.384. The number of carbonyl (C=O) groups excluding carboxylic acids is 1. The first-order valence-corrected chi connectivity index (χ1v) is 7.45. The van der Waals surface area contributed by atoms with Crippen LogP contribution >= 0.6 is 35.4 Å². The van der Waals surface area contributed by atoms with Gasteiger partial charge >= 0.3 is 0 Å². The molecule has 0 aromatic heterocycles. The van der Waals surface area contributed by atoms with Gasteiger partial charge in [-0.25, -0.2) is 4.39 Å². The molecule has 0 bridgehead atoms. The second-order valence-corrected chi connectivity index (χ2v) is 5.68. The Labute approximate surface area is 150 Å². The fourth-order valence-electron chi connectivity index (χ4n) is 1.71. The van der Waals surface area contributed by atoms with Crippen LogP contribution in [0.3, 0.4) is 0 Å². The van der Waals surface area contributed by atoms with Gasteiger partial charge in [0.05, 0.1) is 9.95 Å². The lowest BCUT2D eigenvalue weighted by Crippen LogP contribution is -2.34. The Morgan fingerprint density at radius 1 is 1.17 bits per heavy atom. The first kappa shape index (κ1) is 18.1. The standard InChI is InChI=1S/C14H8Cl2FN3O3S/c15-9-3-1-7(5-12(9)20(22)23)13(21)19-14(24)18-8-2-4-11(17)10(16)6-8/h1-6H,(H2,18,19,21,24). The minimum Gasteiger partial charge on any atom is -0.332 e. The molecule has 0 saturated heterocycles. The molecule has 2 N–H and O–H groups in total. The average Bonchev–Trinajstić information content (AvgIpc) is 2.51. The average molecular weight is 388 g/mol. The van der Waals surface area contributed by atoms with Gasteiger partial charge in [-0.1, -0.05) is 23.2 Å². The number of hydrogen-bond donors (Lipinski definition) is 2. The van der Waals surface area contributed by atoms with Gasteiger partial charge in [0, 0.05) is 17.3 Å². The highest BCUT2D eigenvalue weighted by molar-refractivity contribution is 7.80. The summed E-state index contributed by atoms with van der Waals surface area (Å²) in [4.78, 5) is 22.2. The number of amides is 1. The van der Waals surface area contributed by atoms with Gasteiger partial charge in [-0.05, 0) is 42.5 Å². The largest absolute Gasteiger partial charge is 0.332 e. The molecule has 0 heterocycles. The zero-order valence-corrected chi connectivity index (χ0v) is 14.0. The van der Waals surface area contributed by atoms with Gasteiger partial charge in [-0.3, -0.25) is 20.2 Å². The molecule has 10 heteroatoms. The third-order valence-electron chi connectivity index (χ3n) is 2.81. The van der Waals surface area contributed by atoms with Crippen molar-refractivity contribution in [3.8, 4) is 0 Å². The van der Waals surface area contributed by atoms with Crippen LogP contribution in [0, 0.1) is 15.9 Å². The molecule has 0 aliphatic rings. The van der Waals surface area contributed by atoms with Crippen LogP contribution in [0.15, 0.2) is 36.4 Å². The first-order valence-electron chi connectivity index (χ1n) is 6.29. The molecule has 2 aromatic rings. The first-order chi connectivity index (χ1) is 11.3. The van der Waals surface area contributed by atoms with Gasteiger partial charge in [0.25, 0.3) is 11.6 Å². The fraction of sp³-hybridized carbons (Fsp3) is 0. The molecule has 0 aliphatic heterocycles.